The lowest BCUT2D eigenvalue weighted by Crippen LogP contribution is -2.43. The lowest BCUT2D eigenvalue weighted by Gasteiger charge is -2.21. The number of aliphatic hydroxyl groups is 2. The standard InChI is InChI=1S/C23H24ClN3O4/c1-2-3-4-14-5-6-16(10-18(14)24)22-26-21(27-31-22)15-7-8-19-17(9-15)11-20(30-19)23(25,12-28)13-29/h5-11,28-29H,2-4,12-13,25H2,1H3. The molecular formula is C23H24ClN3O4. The maximum absolute atomic E-state index is 9.50. The van der Waals surface area contributed by atoms with Crippen LogP contribution in [0, 0.1) is 0 Å². The van der Waals surface area contributed by atoms with Gasteiger partial charge in [0.25, 0.3) is 5.89 Å². The van der Waals surface area contributed by atoms with Crippen molar-refractivity contribution in [3.63, 3.8) is 0 Å². The molecule has 31 heavy (non-hydrogen) atoms. The number of aryl methyl sites for hydroxylation is 1. The van der Waals surface area contributed by atoms with E-state index in [4.69, 9.17) is 26.3 Å². The van der Waals surface area contributed by atoms with Gasteiger partial charge < -0.3 is 24.9 Å². The summed E-state index contributed by atoms with van der Waals surface area (Å²) in [7, 11) is 0. The van der Waals surface area contributed by atoms with Crippen LogP contribution in [0.25, 0.3) is 33.8 Å². The van der Waals surface area contributed by atoms with Crippen LogP contribution in [0.15, 0.2) is 51.4 Å². The molecule has 0 atom stereocenters. The molecule has 0 radical (unpaired) electrons. The first-order valence-electron chi connectivity index (χ1n) is 10.1. The Kier molecular flexibility index (Phi) is 6.11. The summed E-state index contributed by atoms with van der Waals surface area (Å²) in [6.07, 6.45) is 3.14. The molecule has 2 heterocycles. The lowest BCUT2D eigenvalue weighted by molar-refractivity contribution is 0.105. The van der Waals surface area contributed by atoms with Gasteiger partial charge in [0.1, 0.15) is 16.9 Å². The average molecular weight is 442 g/mol. The molecule has 0 amide bonds. The highest BCUT2D eigenvalue weighted by molar-refractivity contribution is 6.31. The molecule has 0 unspecified atom stereocenters. The molecule has 2 aromatic carbocycles. The second-order valence-corrected chi connectivity index (χ2v) is 8.08. The predicted octanol–water partition coefficient (Wildman–Crippen LogP) is 4.28. The van der Waals surface area contributed by atoms with Gasteiger partial charge in [-0.05, 0) is 54.8 Å². The van der Waals surface area contributed by atoms with Crippen LogP contribution < -0.4 is 5.73 Å². The molecule has 0 bridgehead atoms. The van der Waals surface area contributed by atoms with E-state index in [1.807, 2.05) is 24.3 Å². The number of rotatable bonds is 8. The van der Waals surface area contributed by atoms with Crippen molar-refractivity contribution in [3.05, 3.63) is 58.8 Å². The number of nitrogens with two attached hydrogens (primary N) is 1. The quantitative estimate of drug-likeness (QED) is 0.373. The van der Waals surface area contributed by atoms with E-state index in [1.165, 1.54) is 0 Å². The molecule has 0 aliphatic rings. The van der Waals surface area contributed by atoms with Crippen LogP contribution in [0.3, 0.4) is 0 Å². The normalized spacial score (nSPS) is 12.0. The monoisotopic (exact) mass is 441 g/mol. The van der Waals surface area contributed by atoms with Gasteiger partial charge in [0.05, 0.1) is 13.2 Å². The molecule has 4 rings (SSSR count). The van der Waals surface area contributed by atoms with Crippen LogP contribution in [0.1, 0.15) is 31.1 Å². The minimum atomic E-state index is -1.35. The molecule has 0 aliphatic heterocycles. The maximum Gasteiger partial charge on any atom is 0.258 e. The molecule has 162 valence electrons. The van der Waals surface area contributed by atoms with Gasteiger partial charge in [-0.3, -0.25) is 0 Å². The molecule has 0 aliphatic carbocycles. The first-order valence-corrected chi connectivity index (χ1v) is 10.5. The fraction of sp³-hybridized carbons (Fsp3) is 0.304. The van der Waals surface area contributed by atoms with Crippen LogP contribution in [0.4, 0.5) is 0 Å². The van der Waals surface area contributed by atoms with Crippen molar-refractivity contribution in [3.8, 4) is 22.8 Å². The third-order valence-corrected chi connectivity index (χ3v) is 5.71. The Hall–Kier alpha value is -2.71. The second kappa shape index (κ2) is 8.80. The minimum Gasteiger partial charge on any atom is -0.459 e. The Morgan fingerprint density at radius 2 is 1.84 bits per heavy atom. The second-order valence-electron chi connectivity index (χ2n) is 7.67. The molecule has 4 aromatic rings. The first kappa shape index (κ1) is 21.5. The summed E-state index contributed by atoms with van der Waals surface area (Å²) in [4.78, 5) is 4.51. The van der Waals surface area contributed by atoms with Gasteiger partial charge in [-0.15, -0.1) is 0 Å². The van der Waals surface area contributed by atoms with Crippen molar-refractivity contribution < 1.29 is 19.2 Å². The average Bonchev–Trinajstić information content (AvgIpc) is 3.45. The first-order chi connectivity index (χ1) is 15.0. The fourth-order valence-electron chi connectivity index (χ4n) is 3.34. The topological polar surface area (TPSA) is 119 Å². The Balaban J connectivity index is 1.62. The number of benzene rings is 2. The van der Waals surface area contributed by atoms with E-state index >= 15 is 0 Å². The Morgan fingerprint density at radius 1 is 1.06 bits per heavy atom. The van der Waals surface area contributed by atoms with E-state index in [-0.39, 0.29) is 0 Å². The number of hydrogen-bond donors (Lipinski definition) is 3. The summed E-state index contributed by atoms with van der Waals surface area (Å²) >= 11 is 6.42. The summed E-state index contributed by atoms with van der Waals surface area (Å²) in [6.45, 7) is 1.27. The predicted molar refractivity (Wildman–Crippen MR) is 119 cm³/mol. The number of aliphatic hydroxyl groups excluding tert-OH is 2. The summed E-state index contributed by atoms with van der Waals surface area (Å²) < 4.78 is 11.2. The number of furan rings is 1. The van der Waals surface area contributed by atoms with Crippen molar-refractivity contribution in [2.75, 3.05) is 13.2 Å². The van der Waals surface area contributed by atoms with Gasteiger partial charge in [-0.25, -0.2) is 0 Å². The largest absolute Gasteiger partial charge is 0.459 e. The Labute approximate surface area is 184 Å². The molecule has 4 N–H and O–H groups in total. The van der Waals surface area contributed by atoms with Gasteiger partial charge in [0.15, 0.2) is 0 Å². The zero-order valence-corrected chi connectivity index (χ0v) is 17.9. The van der Waals surface area contributed by atoms with Crippen molar-refractivity contribution in [2.45, 2.75) is 31.7 Å². The van der Waals surface area contributed by atoms with Gasteiger partial charge in [0.2, 0.25) is 5.82 Å². The summed E-state index contributed by atoms with van der Waals surface area (Å²) in [6, 6.07) is 12.9. The molecule has 7 nitrogen and oxygen atoms in total. The Morgan fingerprint density at radius 3 is 2.55 bits per heavy atom. The van der Waals surface area contributed by atoms with E-state index in [9.17, 15) is 10.2 Å². The van der Waals surface area contributed by atoms with Crippen molar-refractivity contribution >= 4 is 22.6 Å². The molecule has 0 fully saturated rings. The summed E-state index contributed by atoms with van der Waals surface area (Å²) in [5.74, 6) is 1.11. The van der Waals surface area contributed by atoms with E-state index in [2.05, 4.69) is 17.1 Å². The molecule has 0 spiro atoms. The lowest BCUT2D eigenvalue weighted by atomic mass is 10.00. The third-order valence-electron chi connectivity index (χ3n) is 5.36. The van der Waals surface area contributed by atoms with E-state index in [1.54, 1.807) is 18.2 Å². The molecular weight excluding hydrogens is 418 g/mol. The van der Waals surface area contributed by atoms with E-state index in [0.717, 1.165) is 41.3 Å². The number of fused-ring (bicyclic) bond motifs is 1. The minimum absolute atomic E-state index is 0.302. The SMILES string of the molecule is CCCCc1ccc(-c2nc(-c3ccc4oc(C(N)(CO)CO)cc4c3)no2)cc1Cl. The fourth-order valence-corrected chi connectivity index (χ4v) is 3.62. The van der Waals surface area contributed by atoms with Crippen LogP contribution in [-0.2, 0) is 12.0 Å². The van der Waals surface area contributed by atoms with Gasteiger partial charge in [0, 0.05) is 21.5 Å². The van der Waals surface area contributed by atoms with Gasteiger partial charge in [-0.2, -0.15) is 4.98 Å². The number of hydrogen-bond acceptors (Lipinski definition) is 7. The Bertz CT molecular complexity index is 1200. The van der Waals surface area contributed by atoms with Crippen LogP contribution in [-0.4, -0.2) is 33.6 Å². The van der Waals surface area contributed by atoms with Crippen molar-refractivity contribution in [1.82, 2.24) is 10.1 Å². The number of unbranched alkanes of at least 4 members (excludes halogenated alkanes) is 1. The highest BCUT2D eigenvalue weighted by Crippen LogP contribution is 2.31. The van der Waals surface area contributed by atoms with E-state index < -0.39 is 18.8 Å². The van der Waals surface area contributed by atoms with E-state index in [0.29, 0.717) is 28.1 Å². The molecule has 2 aromatic heterocycles. The third kappa shape index (κ3) is 4.22. The summed E-state index contributed by atoms with van der Waals surface area (Å²) in [5, 5.41) is 24.5. The molecule has 0 saturated carbocycles. The highest BCUT2D eigenvalue weighted by Gasteiger charge is 2.30. The van der Waals surface area contributed by atoms with Crippen LogP contribution in [0.2, 0.25) is 5.02 Å². The van der Waals surface area contributed by atoms with Crippen molar-refractivity contribution in [2.24, 2.45) is 5.73 Å². The van der Waals surface area contributed by atoms with Crippen molar-refractivity contribution in [1.29, 1.82) is 0 Å². The molecule has 0 saturated heterocycles. The van der Waals surface area contributed by atoms with Gasteiger partial charge >= 0.3 is 0 Å². The zero-order chi connectivity index (χ0) is 22.0. The zero-order valence-electron chi connectivity index (χ0n) is 17.1. The summed E-state index contributed by atoms with van der Waals surface area (Å²) in [5.41, 5.74) is 7.83. The van der Waals surface area contributed by atoms with Crippen LogP contribution in [0.5, 0.6) is 0 Å². The highest BCUT2D eigenvalue weighted by atomic mass is 35.5. The van der Waals surface area contributed by atoms with Gasteiger partial charge in [-0.1, -0.05) is 36.2 Å². The number of halogens is 1. The number of nitrogens with zero attached hydrogens (tertiary/aromatic N) is 2. The van der Waals surface area contributed by atoms with Crippen LogP contribution >= 0.6 is 11.6 Å². The molecule has 8 heteroatoms. The number of aromatic nitrogens is 2. The smallest absolute Gasteiger partial charge is 0.258 e. The maximum atomic E-state index is 9.50.